The molecule has 0 saturated carbocycles. The van der Waals surface area contributed by atoms with Crippen LogP contribution >= 0.6 is 15.9 Å². The Bertz CT molecular complexity index is 530. The summed E-state index contributed by atoms with van der Waals surface area (Å²) in [6.45, 7) is 2.67. The van der Waals surface area contributed by atoms with Crippen molar-refractivity contribution >= 4 is 27.7 Å². The number of rotatable bonds is 2. The second kappa shape index (κ2) is 4.70. The van der Waals surface area contributed by atoms with E-state index in [2.05, 4.69) is 20.9 Å². The summed E-state index contributed by atoms with van der Waals surface area (Å²) in [5.74, 6) is -0.0285. The van der Waals surface area contributed by atoms with Gasteiger partial charge < -0.3 is 16.2 Å². The maximum Gasteiger partial charge on any atom is 0.248 e. The largest absolute Gasteiger partial charge is 0.386 e. The lowest BCUT2D eigenvalue weighted by Gasteiger charge is -2.30. The van der Waals surface area contributed by atoms with Crippen molar-refractivity contribution in [1.29, 1.82) is 0 Å². The van der Waals surface area contributed by atoms with Gasteiger partial charge in [-0.3, -0.25) is 9.79 Å². The number of carbonyl (C=O) groups excluding carboxylic acids is 1. The molecule has 1 aromatic carbocycles. The Morgan fingerprint density at radius 2 is 2.22 bits per heavy atom. The molecule has 1 aliphatic heterocycles. The number of carbonyl (C=O) groups is 1. The van der Waals surface area contributed by atoms with Gasteiger partial charge >= 0.3 is 0 Å². The Kier molecular flexibility index (Phi) is 3.41. The monoisotopic (exact) mass is 311 g/mol. The topological polar surface area (TPSA) is 90.7 Å². The number of primary amides is 1. The van der Waals surface area contributed by atoms with Crippen LogP contribution in [0.15, 0.2) is 27.7 Å². The molecule has 0 aliphatic carbocycles. The highest BCUT2D eigenvalue weighted by Crippen LogP contribution is 2.31. The fourth-order valence-corrected chi connectivity index (χ4v) is 2.42. The van der Waals surface area contributed by atoms with Crippen molar-refractivity contribution < 1.29 is 9.53 Å². The third-order valence-electron chi connectivity index (χ3n) is 2.83. The molecule has 96 valence electrons. The van der Waals surface area contributed by atoms with E-state index >= 15 is 0 Å². The third kappa shape index (κ3) is 2.54. The summed E-state index contributed by atoms with van der Waals surface area (Å²) < 4.78 is 6.18. The number of benzene rings is 1. The highest BCUT2D eigenvalue weighted by atomic mass is 79.9. The van der Waals surface area contributed by atoms with Crippen LogP contribution in [-0.4, -0.2) is 25.0 Å². The Morgan fingerprint density at radius 1 is 1.50 bits per heavy atom. The molecule has 0 bridgehead atoms. The first-order valence-corrected chi connectivity index (χ1v) is 6.23. The van der Waals surface area contributed by atoms with E-state index in [-0.39, 0.29) is 0 Å². The van der Waals surface area contributed by atoms with Gasteiger partial charge in [-0.15, -0.1) is 0 Å². The number of nitrogens with zero attached hydrogens (tertiary/aromatic N) is 1. The Hall–Kier alpha value is -1.40. The van der Waals surface area contributed by atoms with Crippen LogP contribution < -0.4 is 11.5 Å². The van der Waals surface area contributed by atoms with Gasteiger partial charge in [0.2, 0.25) is 5.91 Å². The maximum absolute atomic E-state index is 11.3. The van der Waals surface area contributed by atoms with E-state index in [1.165, 1.54) is 0 Å². The molecule has 1 aromatic rings. The van der Waals surface area contributed by atoms with Crippen LogP contribution in [0.25, 0.3) is 0 Å². The van der Waals surface area contributed by atoms with Gasteiger partial charge in [-0.2, -0.15) is 0 Å². The zero-order chi connectivity index (χ0) is 13.3. The van der Waals surface area contributed by atoms with Crippen LogP contribution in [0, 0.1) is 0 Å². The molecular formula is C12H14BrN3O2. The zero-order valence-electron chi connectivity index (χ0n) is 9.94. The van der Waals surface area contributed by atoms with Crippen LogP contribution in [0.4, 0.5) is 0 Å². The molecule has 5 nitrogen and oxygen atoms in total. The summed E-state index contributed by atoms with van der Waals surface area (Å²) in [6, 6.07) is 5.28. The fraction of sp³-hybridized carbons (Fsp3) is 0.333. The predicted molar refractivity (Wildman–Crippen MR) is 72.5 cm³/mol. The second-order valence-corrected chi connectivity index (χ2v) is 5.38. The minimum atomic E-state index is -0.587. The first kappa shape index (κ1) is 13.0. The van der Waals surface area contributed by atoms with Gasteiger partial charge in [-0.05, 0) is 30.7 Å². The Labute approximate surface area is 113 Å². The minimum Gasteiger partial charge on any atom is -0.386 e. The van der Waals surface area contributed by atoms with Crippen molar-refractivity contribution in [2.24, 2.45) is 16.5 Å². The Balaban J connectivity index is 2.50. The van der Waals surface area contributed by atoms with Crippen LogP contribution in [0.5, 0.6) is 0 Å². The lowest BCUT2D eigenvalue weighted by Crippen LogP contribution is -2.37. The smallest absolute Gasteiger partial charge is 0.248 e. The molecule has 0 unspecified atom stereocenters. The molecule has 4 N–H and O–H groups in total. The van der Waals surface area contributed by atoms with Gasteiger partial charge in [0, 0.05) is 10.0 Å². The molecule has 1 amide bonds. The molecule has 0 fully saturated rings. The van der Waals surface area contributed by atoms with Crippen molar-refractivity contribution in [3.8, 4) is 0 Å². The number of hydrogen-bond acceptors (Lipinski definition) is 4. The van der Waals surface area contributed by atoms with Crippen molar-refractivity contribution in [1.82, 2.24) is 0 Å². The van der Waals surface area contributed by atoms with E-state index in [9.17, 15) is 4.79 Å². The standard InChI is InChI=1S/C12H14BrN3O2/c1-12(6-18-5-10(14)16-12)8-2-7(11(15)17)3-9(13)4-8/h2-4H,5-6H2,1H3,(H2,14,16)(H2,15,17)/t12-/m0/s1. The number of amides is 1. The summed E-state index contributed by atoms with van der Waals surface area (Å²) >= 11 is 3.36. The molecule has 0 saturated heterocycles. The van der Waals surface area contributed by atoms with Crippen LogP contribution in [0.3, 0.4) is 0 Å². The van der Waals surface area contributed by atoms with Gasteiger partial charge in [-0.25, -0.2) is 0 Å². The lowest BCUT2D eigenvalue weighted by molar-refractivity contribution is 0.0996. The summed E-state index contributed by atoms with van der Waals surface area (Å²) in [7, 11) is 0. The zero-order valence-corrected chi connectivity index (χ0v) is 11.5. The highest BCUT2D eigenvalue weighted by molar-refractivity contribution is 9.10. The van der Waals surface area contributed by atoms with Crippen molar-refractivity contribution in [3.05, 3.63) is 33.8 Å². The average molecular weight is 312 g/mol. The number of hydrogen-bond donors (Lipinski definition) is 2. The molecule has 1 heterocycles. The quantitative estimate of drug-likeness (QED) is 0.858. The normalized spacial score (nSPS) is 23.6. The van der Waals surface area contributed by atoms with Crippen LogP contribution in [0.1, 0.15) is 22.8 Å². The molecular weight excluding hydrogens is 298 g/mol. The SMILES string of the molecule is C[C@@]1(c2cc(Br)cc(C(N)=O)c2)COCC(N)=N1. The third-order valence-corrected chi connectivity index (χ3v) is 3.29. The minimum absolute atomic E-state index is 0.340. The summed E-state index contributed by atoms with van der Waals surface area (Å²) in [5.41, 5.74) is 11.7. The number of nitrogens with two attached hydrogens (primary N) is 2. The Morgan fingerprint density at radius 3 is 2.83 bits per heavy atom. The van der Waals surface area contributed by atoms with E-state index in [0.717, 1.165) is 10.0 Å². The molecule has 2 rings (SSSR count). The molecule has 6 heteroatoms. The number of halogens is 1. The molecule has 0 spiro atoms. The number of aliphatic imine (C=N–C) groups is 1. The van der Waals surface area contributed by atoms with Crippen molar-refractivity contribution in [3.63, 3.8) is 0 Å². The van der Waals surface area contributed by atoms with E-state index in [0.29, 0.717) is 24.6 Å². The molecule has 0 aromatic heterocycles. The van der Waals surface area contributed by atoms with E-state index in [1.807, 2.05) is 13.0 Å². The molecule has 18 heavy (non-hydrogen) atoms. The predicted octanol–water partition coefficient (Wildman–Crippen LogP) is 1.15. The fourth-order valence-electron chi connectivity index (χ4n) is 1.93. The van der Waals surface area contributed by atoms with Gasteiger partial charge in [0.1, 0.15) is 18.0 Å². The van der Waals surface area contributed by atoms with Crippen LogP contribution in [-0.2, 0) is 10.3 Å². The number of ether oxygens (including phenoxy) is 1. The average Bonchev–Trinajstić information content (AvgIpc) is 2.27. The lowest BCUT2D eigenvalue weighted by atomic mass is 9.91. The van der Waals surface area contributed by atoms with Crippen molar-refractivity contribution in [2.75, 3.05) is 13.2 Å². The van der Waals surface area contributed by atoms with E-state index in [1.54, 1.807) is 12.1 Å². The number of amidine groups is 1. The van der Waals surface area contributed by atoms with Gasteiger partial charge in [0.05, 0.1) is 6.61 Å². The van der Waals surface area contributed by atoms with Crippen molar-refractivity contribution in [2.45, 2.75) is 12.5 Å². The van der Waals surface area contributed by atoms with Gasteiger partial charge in [-0.1, -0.05) is 15.9 Å². The highest BCUT2D eigenvalue weighted by Gasteiger charge is 2.30. The van der Waals surface area contributed by atoms with E-state index in [4.69, 9.17) is 16.2 Å². The van der Waals surface area contributed by atoms with Crippen LogP contribution in [0.2, 0.25) is 0 Å². The summed E-state index contributed by atoms with van der Waals surface area (Å²) in [6.07, 6.45) is 0. The van der Waals surface area contributed by atoms with Gasteiger partial charge in [0.25, 0.3) is 0 Å². The first-order chi connectivity index (χ1) is 8.40. The van der Waals surface area contributed by atoms with E-state index < -0.39 is 11.4 Å². The molecule has 0 radical (unpaired) electrons. The summed E-state index contributed by atoms with van der Waals surface area (Å²) in [4.78, 5) is 15.7. The second-order valence-electron chi connectivity index (χ2n) is 4.46. The summed E-state index contributed by atoms with van der Waals surface area (Å²) in [5, 5.41) is 0. The molecule has 1 aliphatic rings. The van der Waals surface area contributed by atoms with Gasteiger partial charge in [0.15, 0.2) is 0 Å². The maximum atomic E-state index is 11.3. The molecule has 1 atom stereocenters. The first-order valence-electron chi connectivity index (χ1n) is 5.43.